The zero-order valence-corrected chi connectivity index (χ0v) is 13.0. The summed E-state index contributed by atoms with van der Waals surface area (Å²) in [5.74, 6) is 0.555. The lowest BCUT2D eigenvalue weighted by Gasteiger charge is -2.09. The molecule has 106 valence electrons. The molecule has 2 rings (SSSR count). The zero-order chi connectivity index (χ0) is 14.4. The highest BCUT2D eigenvalue weighted by Crippen LogP contribution is 2.17. The van der Waals surface area contributed by atoms with Gasteiger partial charge in [0.1, 0.15) is 18.1 Å². The molecule has 0 saturated carbocycles. The largest absolute Gasteiger partial charge is 0.492 e. The molecule has 6 heteroatoms. The van der Waals surface area contributed by atoms with E-state index in [4.69, 9.17) is 4.74 Å². The van der Waals surface area contributed by atoms with Crippen LogP contribution in [0, 0.1) is 0 Å². The molecule has 20 heavy (non-hydrogen) atoms. The van der Waals surface area contributed by atoms with Gasteiger partial charge in [-0.15, -0.1) is 0 Å². The van der Waals surface area contributed by atoms with Crippen LogP contribution in [0.1, 0.15) is 0 Å². The van der Waals surface area contributed by atoms with Gasteiger partial charge in [0.2, 0.25) is 10.0 Å². The van der Waals surface area contributed by atoms with Crippen LogP contribution in [0.3, 0.4) is 0 Å². The molecule has 0 radical (unpaired) electrons. The standard InChI is InChI=1S/C14H14BrNO3S/c15-12-5-4-6-13(11-12)16-20(17,18)10-9-19-14-7-2-1-3-8-14/h1-8,11,16H,9-10H2. The number of halogens is 1. The molecule has 0 bridgehead atoms. The predicted octanol–water partition coefficient (Wildman–Crippen LogP) is 3.27. The van der Waals surface area contributed by atoms with Crippen molar-refractivity contribution in [2.24, 2.45) is 0 Å². The van der Waals surface area contributed by atoms with Gasteiger partial charge in [0, 0.05) is 10.2 Å². The average molecular weight is 356 g/mol. The highest BCUT2D eigenvalue weighted by atomic mass is 79.9. The lowest BCUT2D eigenvalue weighted by molar-refractivity contribution is 0.341. The number of sulfonamides is 1. The Morgan fingerprint density at radius 2 is 1.80 bits per heavy atom. The summed E-state index contributed by atoms with van der Waals surface area (Å²) in [6.07, 6.45) is 0. The number of benzene rings is 2. The molecule has 2 aromatic carbocycles. The van der Waals surface area contributed by atoms with E-state index in [0.29, 0.717) is 11.4 Å². The maximum atomic E-state index is 11.9. The second-order valence-corrected chi connectivity index (χ2v) is 6.85. The molecule has 0 aliphatic carbocycles. The lowest BCUT2D eigenvalue weighted by atomic mass is 10.3. The summed E-state index contributed by atoms with van der Waals surface area (Å²) in [5.41, 5.74) is 0.527. The minimum Gasteiger partial charge on any atom is -0.492 e. The van der Waals surface area contributed by atoms with E-state index in [9.17, 15) is 8.42 Å². The van der Waals surface area contributed by atoms with E-state index in [1.54, 1.807) is 30.3 Å². The minimum atomic E-state index is -3.42. The first kappa shape index (κ1) is 14.9. The molecule has 0 saturated heterocycles. The van der Waals surface area contributed by atoms with Crippen LogP contribution in [0.15, 0.2) is 59.1 Å². The number of hydrogen-bond donors (Lipinski definition) is 1. The smallest absolute Gasteiger partial charge is 0.236 e. The van der Waals surface area contributed by atoms with Crippen LogP contribution in [0.25, 0.3) is 0 Å². The Labute approximate surface area is 127 Å². The van der Waals surface area contributed by atoms with Crippen LogP contribution in [0.4, 0.5) is 5.69 Å². The highest BCUT2D eigenvalue weighted by Gasteiger charge is 2.10. The maximum Gasteiger partial charge on any atom is 0.236 e. The predicted molar refractivity (Wildman–Crippen MR) is 83.5 cm³/mol. The van der Waals surface area contributed by atoms with Crippen LogP contribution >= 0.6 is 15.9 Å². The molecule has 0 heterocycles. The summed E-state index contributed by atoms with van der Waals surface area (Å²) >= 11 is 3.29. The van der Waals surface area contributed by atoms with Gasteiger partial charge in [0.25, 0.3) is 0 Å². The van der Waals surface area contributed by atoms with E-state index in [0.717, 1.165) is 4.47 Å². The van der Waals surface area contributed by atoms with Gasteiger partial charge in [-0.3, -0.25) is 4.72 Å². The van der Waals surface area contributed by atoms with Crippen molar-refractivity contribution in [3.8, 4) is 5.75 Å². The second-order valence-electron chi connectivity index (χ2n) is 4.09. The van der Waals surface area contributed by atoms with Gasteiger partial charge >= 0.3 is 0 Å². The average Bonchev–Trinajstić information content (AvgIpc) is 2.39. The Kier molecular flexibility index (Phi) is 5.03. The van der Waals surface area contributed by atoms with Crippen molar-refractivity contribution in [1.29, 1.82) is 0 Å². The minimum absolute atomic E-state index is 0.103. The van der Waals surface area contributed by atoms with Crippen LogP contribution in [-0.2, 0) is 10.0 Å². The summed E-state index contributed by atoms with van der Waals surface area (Å²) in [7, 11) is -3.42. The van der Waals surface area contributed by atoms with Gasteiger partial charge < -0.3 is 4.74 Å². The van der Waals surface area contributed by atoms with Crippen LogP contribution in [-0.4, -0.2) is 20.8 Å². The maximum absolute atomic E-state index is 11.9. The fraction of sp³-hybridized carbons (Fsp3) is 0.143. The third-order valence-corrected chi connectivity index (χ3v) is 4.21. The van der Waals surface area contributed by atoms with Crippen molar-refractivity contribution < 1.29 is 13.2 Å². The summed E-state index contributed by atoms with van der Waals surface area (Å²) in [4.78, 5) is 0. The summed E-state index contributed by atoms with van der Waals surface area (Å²) < 4.78 is 32.5. The molecule has 0 atom stereocenters. The third kappa shape index (κ3) is 4.86. The van der Waals surface area contributed by atoms with Crippen molar-refractivity contribution >= 4 is 31.6 Å². The highest BCUT2D eigenvalue weighted by molar-refractivity contribution is 9.10. The van der Waals surface area contributed by atoms with E-state index in [1.807, 2.05) is 24.3 Å². The first-order valence-corrected chi connectivity index (χ1v) is 8.44. The van der Waals surface area contributed by atoms with E-state index in [1.165, 1.54) is 0 Å². The molecule has 0 amide bonds. The number of ether oxygens (including phenoxy) is 1. The fourth-order valence-corrected chi connectivity index (χ4v) is 2.86. The van der Waals surface area contributed by atoms with Gasteiger partial charge in [-0.05, 0) is 30.3 Å². The van der Waals surface area contributed by atoms with E-state index in [-0.39, 0.29) is 12.4 Å². The molecule has 1 N–H and O–H groups in total. The number of nitrogens with one attached hydrogen (secondary N) is 1. The molecule has 0 aromatic heterocycles. The van der Waals surface area contributed by atoms with Gasteiger partial charge in [-0.1, -0.05) is 40.2 Å². The van der Waals surface area contributed by atoms with E-state index < -0.39 is 10.0 Å². The van der Waals surface area contributed by atoms with Crippen molar-refractivity contribution in [2.45, 2.75) is 0 Å². The molecule has 0 aliphatic rings. The molecule has 4 nitrogen and oxygen atoms in total. The normalized spacial score (nSPS) is 11.1. The molecular formula is C14H14BrNO3S. The van der Waals surface area contributed by atoms with Crippen molar-refractivity contribution in [2.75, 3.05) is 17.1 Å². The first-order valence-electron chi connectivity index (χ1n) is 5.99. The summed E-state index contributed by atoms with van der Waals surface area (Å²) in [6.45, 7) is 0.105. The third-order valence-electron chi connectivity index (χ3n) is 2.46. The number of para-hydroxylation sites is 1. The van der Waals surface area contributed by atoms with Crippen LogP contribution in [0.2, 0.25) is 0 Å². The van der Waals surface area contributed by atoms with Crippen molar-refractivity contribution in [1.82, 2.24) is 0 Å². The molecule has 0 spiro atoms. The molecule has 0 fully saturated rings. The summed E-state index contributed by atoms with van der Waals surface area (Å²) in [6, 6.07) is 16.1. The van der Waals surface area contributed by atoms with E-state index >= 15 is 0 Å². The zero-order valence-electron chi connectivity index (χ0n) is 10.6. The lowest BCUT2D eigenvalue weighted by Crippen LogP contribution is -2.21. The molecular weight excluding hydrogens is 342 g/mol. The Morgan fingerprint density at radius 1 is 1.05 bits per heavy atom. The Hall–Kier alpha value is -1.53. The SMILES string of the molecule is O=S(=O)(CCOc1ccccc1)Nc1cccc(Br)c1. The number of anilines is 1. The topological polar surface area (TPSA) is 55.4 Å². The second kappa shape index (κ2) is 6.76. The van der Waals surface area contributed by atoms with E-state index in [2.05, 4.69) is 20.7 Å². The van der Waals surface area contributed by atoms with Gasteiger partial charge in [-0.2, -0.15) is 0 Å². The molecule has 0 unspecified atom stereocenters. The van der Waals surface area contributed by atoms with Crippen molar-refractivity contribution in [3.63, 3.8) is 0 Å². The van der Waals surface area contributed by atoms with Crippen LogP contribution in [0.5, 0.6) is 5.75 Å². The number of rotatable bonds is 6. The fourth-order valence-electron chi connectivity index (χ4n) is 1.57. The Bertz CT molecular complexity index is 659. The molecule has 0 aliphatic heterocycles. The first-order chi connectivity index (χ1) is 9.55. The Morgan fingerprint density at radius 3 is 2.50 bits per heavy atom. The van der Waals surface area contributed by atoms with Gasteiger partial charge in [-0.25, -0.2) is 8.42 Å². The number of hydrogen-bond acceptors (Lipinski definition) is 3. The monoisotopic (exact) mass is 355 g/mol. The Balaban J connectivity index is 1.88. The van der Waals surface area contributed by atoms with Crippen molar-refractivity contribution in [3.05, 3.63) is 59.1 Å². The van der Waals surface area contributed by atoms with Gasteiger partial charge in [0.05, 0.1) is 0 Å². The quantitative estimate of drug-likeness (QED) is 0.864. The summed E-state index contributed by atoms with van der Waals surface area (Å²) in [5, 5.41) is 0. The molecule has 2 aromatic rings. The van der Waals surface area contributed by atoms with Crippen LogP contribution < -0.4 is 9.46 Å². The van der Waals surface area contributed by atoms with Gasteiger partial charge in [0.15, 0.2) is 0 Å².